The Labute approximate surface area is 108 Å². The number of hydrogen-bond acceptors (Lipinski definition) is 3. The Hall–Kier alpha value is -1.13. The molecule has 0 aromatic heterocycles. The van der Waals surface area contributed by atoms with Gasteiger partial charge in [-0.05, 0) is 18.1 Å². The van der Waals surface area contributed by atoms with E-state index in [1.165, 1.54) is 12.0 Å². The zero-order chi connectivity index (χ0) is 13.1. The van der Waals surface area contributed by atoms with Crippen molar-refractivity contribution in [2.75, 3.05) is 32.0 Å². The fraction of sp³-hybridized carbons (Fsp3) is 0.500. The van der Waals surface area contributed by atoms with Crippen LogP contribution in [0.1, 0.15) is 25.5 Å². The summed E-state index contributed by atoms with van der Waals surface area (Å²) in [6.07, 6.45) is -0.196. The number of nitrogens with two attached hydrogens (primary N) is 1. The number of benzene rings is 1. The molecule has 1 atom stereocenters. The third-order valence-electron chi connectivity index (χ3n) is 3.06. The molecule has 1 aliphatic heterocycles. The molecule has 0 aliphatic carbocycles. The second-order valence-corrected chi connectivity index (χ2v) is 5.08. The summed E-state index contributed by atoms with van der Waals surface area (Å²) in [7, 11) is 0. The van der Waals surface area contributed by atoms with E-state index in [1.54, 1.807) is 12.1 Å². The molecule has 1 fully saturated rings. The van der Waals surface area contributed by atoms with Gasteiger partial charge in [0.05, 0.1) is 12.7 Å². The lowest BCUT2D eigenvalue weighted by Gasteiger charge is -2.34. The normalized spacial score (nSPS) is 21.4. The highest BCUT2D eigenvalue weighted by molar-refractivity contribution is 5.41. The molecule has 99 valence electrons. The molecule has 18 heavy (non-hydrogen) atoms. The second kappa shape index (κ2) is 5.67. The third kappa shape index (κ3) is 3.21. The minimum Gasteiger partial charge on any atom is -0.399 e. The highest BCUT2D eigenvalue weighted by Crippen LogP contribution is 2.26. The van der Waals surface area contributed by atoms with E-state index in [4.69, 9.17) is 10.5 Å². The fourth-order valence-corrected chi connectivity index (χ4v) is 2.29. The SMILES string of the molecule is C[C](C)CN1CCO[C@H](c2ccc(N)cc2F)C1. The van der Waals surface area contributed by atoms with E-state index >= 15 is 0 Å². The van der Waals surface area contributed by atoms with Gasteiger partial charge in [0.15, 0.2) is 0 Å². The highest BCUT2D eigenvalue weighted by atomic mass is 19.1. The minimum absolute atomic E-state index is 0.196. The molecule has 1 heterocycles. The van der Waals surface area contributed by atoms with Gasteiger partial charge in [-0.1, -0.05) is 19.9 Å². The Morgan fingerprint density at radius 2 is 2.28 bits per heavy atom. The molecule has 1 aromatic carbocycles. The Kier molecular flexibility index (Phi) is 4.19. The van der Waals surface area contributed by atoms with Gasteiger partial charge in [0, 0.05) is 30.9 Å². The largest absolute Gasteiger partial charge is 0.399 e. The van der Waals surface area contributed by atoms with Gasteiger partial charge < -0.3 is 10.5 Å². The van der Waals surface area contributed by atoms with Crippen LogP contribution >= 0.6 is 0 Å². The summed E-state index contributed by atoms with van der Waals surface area (Å²) in [6, 6.07) is 4.80. The molecule has 1 saturated heterocycles. The summed E-state index contributed by atoms with van der Waals surface area (Å²) >= 11 is 0. The van der Waals surface area contributed by atoms with E-state index in [0.29, 0.717) is 17.9 Å². The molecular weight excluding hydrogens is 231 g/mol. The zero-order valence-corrected chi connectivity index (χ0v) is 10.9. The summed E-state index contributed by atoms with van der Waals surface area (Å²) in [5.74, 6) is 1.08. The van der Waals surface area contributed by atoms with Crippen LogP contribution in [0, 0.1) is 11.7 Å². The van der Waals surface area contributed by atoms with Crippen LogP contribution in [0.3, 0.4) is 0 Å². The first kappa shape index (κ1) is 13.3. The van der Waals surface area contributed by atoms with Crippen molar-refractivity contribution in [3.05, 3.63) is 35.5 Å². The van der Waals surface area contributed by atoms with E-state index < -0.39 is 0 Å². The number of rotatable bonds is 3. The molecule has 0 unspecified atom stereocenters. The summed E-state index contributed by atoms with van der Waals surface area (Å²) in [5.41, 5.74) is 6.60. The summed E-state index contributed by atoms with van der Waals surface area (Å²) in [6.45, 7) is 7.42. The first-order chi connectivity index (χ1) is 8.56. The molecule has 2 rings (SSSR count). The number of nitrogens with zero attached hydrogens (tertiary/aromatic N) is 1. The van der Waals surface area contributed by atoms with Gasteiger partial charge in [0.2, 0.25) is 0 Å². The van der Waals surface area contributed by atoms with Crippen molar-refractivity contribution in [3.63, 3.8) is 0 Å². The van der Waals surface area contributed by atoms with Crippen molar-refractivity contribution in [2.45, 2.75) is 20.0 Å². The summed E-state index contributed by atoms with van der Waals surface area (Å²) in [5, 5.41) is 0. The van der Waals surface area contributed by atoms with Crippen LogP contribution in [0.4, 0.5) is 10.1 Å². The standard InChI is InChI=1S/C14H20FN2O/c1-10(2)8-17-5-6-18-14(9-17)12-4-3-11(16)7-13(12)15/h3-4,7,14H,5-6,8-9,16H2,1-2H3/t14-/m0/s1. The molecule has 1 aliphatic rings. The summed E-state index contributed by atoms with van der Waals surface area (Å²) in [4.78, 5) is 2.29. The van der Waals surface area contributed by atoms with Crippen LogP contribution < -0.4 is 5.73 Å². The van der Waals surface area contributed by atoms with Crippen molar-refractivity contribution in [1.29, 1.82) is 0 Å². The first-order valence-electron chi connectivity index (χ1n) is 6.24. The average Bonchev–Trinajstić information content (AvgIpc) is 2.28. The van der Waals surface area contributed by atoms with Crippen molar-refractivity contribution >= 4 is 5.69 Å². The first-order valence-corrected chi connectivity index (χ1v) is 6.24. The number of halogens is 1. The van der Waals surface area contributed by atoms with E-state index in [2.05, 4.69) is 18.7 Å². The molecule has 3 nitrogen and oxygen atoms in total. The molecule has 2 N–H and O–H groups in total. The van der Waals surface area contributed by atoms with Gasteiger partial charge in [0.25, 0.3) is 0 Å². The molecule has 0 bridgehead atoms. The predicted octanol–water partition coefficient (Wildman–Crippen LogP) is 2.40. The molecule has 0 saturated carbocycles. The van der Waals surface area contributed by atoms with E-state index in [-0.39, 0.29) is 11.9 Å². The third-order valence-corrected chi connectivity index (χ3v) is 3.06. The lowest BCUT2D eigenvalue weighted by atomic mass is 10.1. The van der Waals surface area contributed by atoms with Gasteiger partial charge in [-0.15, -0.1) is 0 Å². The number of hydrogen-bond donors (Lipinski definition) is 1. The molecule has 1 radical (unpaired) electrons. The quantitative estimate of drug-likeness (QED) is 0.838. The van der Waals surface area contributed by atoms with Crippen LogP contribution in [-0.2, 0) is 4.74 Å². The topological polar surface area (TPSA) is 38.5 Å². The van der Waals surface area contributed by atoms with Crippen LogP contribution in [0.5, 0.6) is 0 Å². The fourth-order valence-electron chi connectivity index (χ4n) is 2.29. The van der Waals surface area contributed by atoms with Gasteiger partial charge in [-0.25, -0.2) is 4.39 Å². The van der Waals surface area contributed by atoms with E-state index in [1.807, 2.05) is 0 Å². The molecule has 0 spiro atoms. The van der Waals surface area contributed by atoms with E-state index in [0.717, 1.165) is 19.6 Å². The van der Waals surface area contributed by atoms with Gasteiger partial charge >= 0.3 is 0 Å². The maximum Gasteiger partial charge on any atom is 0.131 e. The van der Waals surface area contributed by atoms with Crippen molar-refractivity contribution < 1.29 is 9.13 Å². The lowest BCUT2D eigenvalue weighted by Crippen LogP contribution is -2.40. The minimum atomic E-state index is -0.279. The van der Waals surface area contributed by atoms with Gasteiger partial charge in [-0.3, -0.25) is 4.90 Å². The van der Waals surface area contributed by atoms with Crippen LogP contribution in [-0.4, -0.2) is 31.1 Å². The second-order valence-electron chi connectivity index (χ2n) is 5.08. The molecular formula is C14H20FN2O. The number of morpholine rings is 1. The molecule has 4 heteroatoms. The Morgan fingerprint density at radius 1 is 1.50 bits per heavy atom. The number of anilines is 1. The number of ether oxygens (including phenoxy) is 1. The smallest absolute Gasteiger partial charge is 0.131 e. The van der Waals surface area contributed by atoms with Crippen LogP contribution in [0.2, 0.25) is 0 Å². The Balaban J connectivity index is 2.08. The maximum atomic E-state index is 13.8. The van der Waals surface area contributed by atoms with Crippen molar-refractivity contribution in [2.24, 2.45) is 0 Å². The van der Waals surface area contributed by atoms with Crippen molar-refractivity contribution in [3.8, 4) is 0 Å². The monoisotopic (exact) mass is 251 g/mol. The Morgan fingerprint density at radius 3 is 2.94 bits per heavy atom. The number of nitrogen functional groups attached to an aromatic ring is 1. The van der Waals surface area contributed by atoms with Gasteiger partial charge in [0.1, 0.15) is 5.82 Å². The molecule has 0 amide bonds. The Bertz CT molecular complexity index is 409. The molecule has 1 aromatic rings. The van der Waals surface area contributed by atoms with E-state index in [9.17, 15) is 4.39 Å². The zero-order valence-electron chi connectivity index (χ0n) is 10.9. The van der Waals surface area contributed by atoms with Crippen molar-refractivity contribution in [1.82, 2.24) is 4.90 Å². The lowest BCUT2D eigenvalue weighted by molar-refractivity contribution is -0.0299. The average molecular weight is 251 g/mol. The van der Waals surface area contributed by atoms with Gasteiger partial charge in [-0.2, -0.15) is 0 Å². The highest BCUT2D eigenvalue weighted by Gasteiger charge is 2.24. The summed E-state index contributed by atoms with van der Waals surface area (Å²) < 4.78 is 19.5. The predicted molar refractivity (Wildman–Crippen MR) is 70.5 cm³/mol. The van der Waals surface area contributed by atoms with Crippen LogP contribution in [0.25, 0.3) is 0 Å². The maximum absolute atomic E-state index is 13.8. The van der Waals surface area contributed by atoms with Crippen LogP contribution in [0.15, 0.2) is 18.2 Å².